The first-order valence-electron chi connectivity index (χ1n) is 4.98. The van der Waals surface area contributed by atoms with E-state index in [2.05, 4.69) is 25.8 Å². The van der Waals surface area contributed by atoms with Gasteiger partial charge in [0.05, 0.1) is 13.2 Å². The van der Waals surface area contributed by atoms with E-state index in [1.54, 1.807) is 0 Å². The molecule has 1 aliphatic heterocycles. The minimum absolute atomic E-state index is 0.000972. The number of hydrogen-bond acceptors (Lipinski definition) is 3. The molecule has 0 spiro atoms. The van der Waals surface area contributed by atoms with Gasteiger partial charge in [0.1, 0.15) is 0 Å². The standard InChI is InChI=1S/C10H21NO2/c1-9(2)11(3)6-10(7-12)4-5-13-8-10/h9,12H,4-8H2,1-3H3. The number of rotatable bonds is 4. The quantitative estimate of drug-likeness (QED) is 0.704. The van der Waals surface area contributed by atoms with Crippen LogP contribution in [0.2, 0.25) is 0 Å². The van der Waals surface area contributed by atoms with Crippen LogP contribution in [0.25, 0.3) is 0 Å². The topological polar surface area (TPSA) is 32.7 Å². The summed E-state index contributed by atoms with van der Waals surface area (Å²) < 4.78 is 5.35. The number of nitrogens with zero attached hydrogens (tertiary/aromatic N) is 1. The van der Waals surface area contributed by atoms with Gasteiger partial charge in [0.25, 0.3) is 0 Å². The van der Waals surface area contributed by atoms with Crippen LogP contribution in [0.15, 0.2) is 0 Å². The minimum Gasteiger partial charge on any atom is -0.396 e. The van der Waals surface area contributed by atoms with Gasteiger partial charge in [0.2, 0.25) is 0 Å². The lowest BCUT2D eigenvalue weighted by Crippen LogP contribution is -2.41. The Morgan fingerprint density at radius 2 is 2.23 bits per heavy atom. The highest BCUT2D eigenvalue weighted by molar-refractivity contribution is 4.85. The summed E-state index contributed by atoms with van der Waals surface area (Å²) in [6.45, 7) is 7.01. The van der Waals surface area contributed by atoms with Crippen molar-refractivity contribution in [3.8, 4) is 0 Å². The molecule has 13 heavy (non-hydrogen) atoms. The predicted octanol–water partition coefficient (Wildman–Crippen LogP) is 0.726. The van der Waals surface area contributed by atoms with E-state index < -0.39 is 0 Å². The largest absolute Gasteiger partial charge is 0.396 e. The van der Waals surface area contributed by atoms with Gasteiger partial charge in [0.15, 0.2) is 0 Å². The first kappa shape index (κ1) is 11.0. The molecule has 0 aromatic rings. The summed E-state index contributed by atoms with van der Waals surface area (Å²) in [7, 11) is 2.10. The maximum atomic E-state index is 9.34. The van der Waals surface area contributed by atoms with Gasteiger partial charge in [-0.15, -0.1) is 0 Å². The average molecular weight is 187 g/mol. The molecule has 1 aliphatic rings. The van der Waals surface area contributed by atoms with Gasteiger partial charge >= 0.3 is 0 Å². The van der Waals surface area contributed by atoms with Crippen LogP contribution in [0.1, 0.15) is 20.3 Å². The molecule has 1 N–H and O–H groups in total. The zero-order valence-corrected chi connectivity index (χ0v) is 8.92. The summed E-state index contributed by atoms with van der Waals surface area (Å²) in [6, 6.07) is 0.532. The normalized spacial score (nSPS) is 29.1. The van der Waals surface area contributed by atoms with E-state index in [0.29, 0.717) is 12.6 Å². The van der Waals surface area contributed by atoms with Gasteiger partial charge in [-0.3, -0.25) is 0 Å². The molecule has 1 fully saturated rings. The van der Waals surface area contributed by atoms with Crippen molar-refractivity contribution >= 4 is 0 Å². The molecule has 0 radical (unpaired) electrons. The Kier molecular flexibility index (Phi) is 3.71. The summed E-state index contributed by atoms with van der Waals surface area (Å²) in [5, 5.41) is 9.34. The van der Waals surface area contributed by atoms with Crippen LogP contribution in [0, 0.1) is 5.41 Å². The third-order valence-electron chi connectivity index (χ3n) is 2.99. The molecule has 1 rings (SSSR count). The molecule has 0 saturated carbocycles. The average Bonchev–Trinajstić information content (AvgIpc) is 2.54. The molecule has 1 saturated heterocycles. The van der Waals surface area contributed by atoms with Crippen molar-refractivity contribution < 1.29 is 9.84 Å². The SMILES string of the molecule is CC(C)N(C)CC1(CO)CCOC1. The molecule has 3 heteroatoms. The second kappa shape index (κ2) is 4.40. The summed E-state index contributed by atoms with van der Waals surface area (Å²) in [6.07, 6.45) is 0.987. The van der Waals surface area contributed by atoms with Crippen molar-refractivity contribution in [1.29, 1.82) is 0 Å². The second-order valence-electron chi connectivity index (χ2n) is 4.47. The Balaban J connectivity index is 2.48. The summed E-state index contributed by atoms with van der Waals surface area (Å²) in [5.41, 5.74) is -0.000972. The van der Waals surface area contributed by atoms with Crippen LogP contribution in [-0.2, 0) is 4.74 Å². The summed E-state index contributed by atoms with van der Waals surface area (Å²) in [4.78, 5) is 2.27. The van der Waals surface area contributed by atoms with Crippen molar-refractivity contribution in [3.05, 3.63) is 0 Å². The molecule has 0 aromatic carbocycles. The highest BCUT2D eigenvalue weighted by Gasteiger charge is 2.35. The molecule has 1 unspecified atom stereocenters. The Bertz CT molecular complexity index is 153. The van der Waals surface area contributed by atoms with Crippen molar-refractivity contribution in [1.82, 2.24) is 4.90 Å². The van der Waals surface area contributed by atoms with Crippen LogP contribution >= 0.6 is 0 Å². The van der Waals surface area contributed by atoms with E-state index in [0.717, 1.165) is 19.6 Å². The van der Waals surface area contributed by atoms with Gasteiger partial charge in [-0.1, -0.05) is 0 Å². The molecule has 1 heterocycles. The molecular formula is C10H21NO2. The minimum atomic E-state index is -0.000972. The lowest BCUT2D eigenvalue weighted by Gasteiger charge is -2.32. The highest BCUT2D eigenvalue weighted by Crippen LogP contribution is 2.29. The van der Waals surface area contributed by atoms with Gasteiger partial charge in [-0.05, 0) is 27.3 Å². The van der Waals surface area contributed by atoms with Crippen LogP contribution < -0.4 is 0 Å². The predicted molar refractivity (Wildman–Crippen MR) is 52.7 cm³/mol. The number of ether oxygens (including phenoxy) is 1. The lowest BCUT2D eigenvalue weighted by atomic mass is 9.87. The molecular weight excluding hydrogens is 166 g/mol. The molecule has 0 aliphatic carbocycles. The maximum Gasteiger partial charge on any atom is 0.0557 e. The Morgan fingerprint density at radius 1 is 1.54 bits per heavy atom. The Labute approximate surface area is 80.7 Å². The van der Waals surface area contributed by atoms with Crippen LogP contribution in [0.3, 0.4) is 0 Å². The summed E-state index contributed by atoms with van der Waals surface area (Å²) in [5.74, 6) is 0. The molecule has 0 amide bonds. The smallest absolute Gasteiger partial charge is 0.0557 e. The number of aliphatic hydroxyl groups is 1. The van der Waals surface area contributed by atoms with E-state index in [1.165, 1.54) is 0 Å². The van der Waals surface area contributed by atoms with Gasteiger partial charge in [-0.25, -0.2) is 0 Å². The molecule has 3 nitrogen and oxygen atoms in total. The van der Waals surface area contributed by atoms with E-state index in [4.69, 9.17) is 4.74 Å². The van der Waals surface area contributed by atoms with Crippen molar-refractivity contribution in [2.75, 3.05) is 33.4 Å². The fourth-order valence-electron chi connectivity index (χ4n) is 1.66. The first-order valence-corrected chi connectivity index (χ1v) is 4.98. The fourth-order valence-corrected chi connectivity index (χ4v) is 1.66. The third kappa shape index (κ3) is 2.66. The fraction of sp³-hybridized carbons (Fsp3) is 1.00. The van der Waals surface area contributed by atoms with Gasteiger partial charge < -0.3 is 14.7 Å². The molecule has 0 aromatic heterocycles. The zero-order valence-electron chi connectivity index (χ0n) is 8.92. The van der Waals surface area contributed by atoms with E-state index in [1.807, 2.05) is 0 Å². The van der Waals surface area contributed by atoms with Gasteiger partial charge in [-0.2, -0.15) is 0 Å². The second-order valence-corrected chi connectivity index (χ2v) is 4.47. The van der Waals surface area contributed by atoms with E-state index in [-0.39, 0.29) is 12.0 Å². The van der Waals surface area contributed by atoms with Crippen LogP contribution in [0.4, 0.5) is 0 Å². The first-order chi connectivity index (χ1) is 6.09. The monoisotopic (exact) mass is 187 g/mol. The maximum absolute atomic E-state index is 9.34. The Morgan fingerprint density at radius 3 is 2.62 bits per heavy atom. The van der Waals surface area contributed by atoms with E-state index in [9.17, 15) is 5.11 Å². The third-order valence-corrected chi connectivity index (χ3v) is 2.99. The van der Waals surface area contributed by atoms with E-state index >= 15 is 0 Å². The van der Waals surface area contributed by atoms with Crippen molar-refractivity contribution in [2.45, 2.75) is 26.3 Å². The highest BCUT2D eigenvalue weighted by atomic mass is 16.5. The number of aliphatic hydroxyl groups excluding tert-OH is 1. The van der Waals surface area contributed by atoms with Crippen molar-refractivity contribution in [2.24, 2.45) is 5.41 Å². The number of hydrogen-bond donors (Lipinski definition) is 1. The van der Waals surface area contributed by atoms with Crippen LogP contribution in [-0.4, -0.2) is 49.5 Å². The lowest BCUT2D eigenvalue weighted by molar-refractivity contribution is 0.0563. The zero-order chi connectivity index (χ0) is 9.90. The van der Waals surface area contributed by atoms with Gasteiger partial charge in [0, 0.05) is 24.6 Å². The molecule has 1 atom stereocenters. The molecule has 78 valence electrons. The molecule has 0 bridgehead atoms. The van der Waals surface area contributed by atoms with Crippen molar-refractivity contribution in [3.63, 3.8) is 0 Å². The Hall–Kier alpha value is -0.120. The summed E-state index contributed by atoms with van der Waals surface area (Å²) >= 11 is 0. The van der Waals surface area contributed by atoms with Crippen LogP contribution in [0.5, 0.6) is 0 Å².